The van der Waals surface area contributed by atoms with Crippen molar-refractivity contribution in [3.05, 3.63) is 29.8 Å². The van der Waals surface area contributed by atoms with E-state index in [1.807, 2.05) is 0 Å². The number of carboxylic acids is 3. The van der Waals surface area contributed by atoms with Gasteiger partial charge in [0.1, 0.15) is 29.9 Å². The average molecular weight is 526 g/mol. The minimum atomic E-state index is -1.79. The van der Waals surface area contributed by atoms with Crippen LogP contribution in [0.3, 0.4) is 0 Å². The summed E-state index contributed by atoms with van der Waals surface area (Å²) in [6, 6.07) is -0.905. The van der Waals surface area contributed by atoms with E-state index >= 15 is 0 Å². The molecule has 3 amide bonds. The zero-order chi connectivity index (χ0) is 28.3. The van der Waals surface area contributed by atoms with Crippen molar-refractivity contribution in [2.75, 3.05) is 0 Å². The summed E-state index contributed by atoms with van der Waals surface area (Å²) in [6.07, 6.45) is -3.56. The molecule has 15 nitrogen and oxygen atoms in total. The smallest absolute Gasteiger partial charge is 0.326 e. The normalized spacial score (nSPS) is 14.8. The number of amides is 3. The lowest BCUT2D eigenvalue weighted by Gasteiger charge is -2.25. The highest BCUT2D eigenvalue weighted by Gasteiger charge is 2.32. The Bertz CT molecular complexity index is 997. The molecular weight excluding hydrogens is 496 g/mol. The number of phenols is 1. The van der Waals surface area contributed by atoms with Gasteiger partial charge in [0, 0.05) is 12.8 Å². The lowest BCUT2D eigenvalue weighted by atomic mass is 10.0. The number of hydrogen-bond donors (Lipinski definition) is 9. The van der Waals surface area contributed by atoms with Crippen LogP contribution in [-0.4, -0.2) is 91.4 Å². The predicted molar refractivity (Wildman–Crippen MR) is 124 cm³/mol. The van der Waals surface area contributed by atoms with Crippen molar-refractivity contribution >= 4 is 35.6 Å². The highest BCUT2D eigenvalue weighted by atomic mass is 16.4. The Morgan fingerprint density at radius 1 is 0.811 bits per heavy atom. The largest absolute Gasteiger partial charge is 0.508 e. The van der Waals surface area contributed by atoms with E-state index in [1.54, 1.807) is 0 Å². The van der Waals surface area contributed by atoms with Gasteiger partial charge in [-0.05, 0) is 31.0 Å². The van der Waals surface area contributed by atoms with Crippen LogP contribution in [0, 0.1) is 0 Å². The van der Waals surface area contributed by atoms with Crippen molar-refractivity contribution < 1.29 is 54.3 Å². The van der Waals surface area contributed by atoms with Gasteiger partial charge in [0.25, 0.3) is 0 Å². The first-order chi connectivity index (χ1) is 17.2. The lowest BCUT2D eigenvalue weighted by molar-refractivity contribution is -0.143. The molecule has 0 aliphatic heterocycles. The van der Waals surface area contributed by atoms with Gasteiger partial charge in [0.05, 0.1) is 12.5 Å². The summed E-state index contributed by atoms with van der Waals surface area (Å²) in [5, 5.41) is 52.8. The molecule has 1 aromatic carbocycles. The van der Waals surface area contributed by atoms with Gasteiger partial charge in [0.15, 0.2) is 0 Å². The minimum absolute atomic E-state index is 0.0668. The first kappa shape index (κ1) is 30.8. The third kappa shape index (κ3) is 10.9. The Morgan fingerprint density at radius 3 is 1.81 bits per heavy atom. The van der Waals surface area contributed by atoms with Gasteiger partial charge in [-0.1, -0.05) is 12.1 Å². The number of hydrogen-bond acceptors (Lipinski definition) is 9. The number of nitrogens with one attached hydrogen (secondary N) is 3. The van der Waals surface area contributed by atoms with E-state index in [9.17, 15) is 49.2 Å². The second-order valence-electron chi connectivity index (χ2n) is 8.19. The van der Waals surface area contributed by atoms with Gasteiger partial charge in [-0.2, -0.15) is 0 Å². The number of phenolic OH excluding ortho intramolecular Hbond substituents is 1. The zero-order valence-electron chi connectivity index (χ0n) is 19.8. The van der Waals surface area contributed by atoms with Crippen LogP contribution in [0.2, 0.25) is 0 Å². The highest BCUT2D eigenvalue weighted by Crippen LogP contribution is 2.12. The molecular formula is C22H30N4O11. The van der Waals surface area contributed by atoms with Crippen molar-refractivity contribution in [1.29, 1.82) is 0 Å². The molecule has 0 fully saturated rings. The average Bonchev–Trinajstić information content (AvgIpc) is 2.80. The van der Waals surface area contributed by atoms with Gasteiger partial charge < -0.3 is 47.2 Å². The fraction of sp³-hybridized carbons (Fsp3) is 0.455. The molecule has 15 heteroatoms. The molecule has 204 valence electrons. The van der Waals surface area contributed by atoms with Crippen LogP contribution in [-0.2, 0) is 35.2 Å². The Balaban J connectivity index is 3.06. The van der Waals surface area contributed by atoms with Crippen LogP contribution < -0.4 is 21.7 Å². The third-order valence-corrected chi connectivity index (χ3v) is 5.10. The van der Waals surface area contributed by atoms with Crippen molar-refractivity contribution in [2.24, 2.45) is 5.73 Å². The second-order valence-corrected chi connectivity index (χ2v) is 8.19. The van der Waals surface area contributed by atoms with Crippen LogP contribution in [0.25, 0.3) is 0 Å². The lowest BCUT2D eigenvalue weighted by Crippen LogP contribution is -2.58. The number of carbonyl (C=O) groups is 6. The maximum absolute atomic E-state index is 12.8. The number of rotatable bonds is 15. The number of carbonyl (C=O) groups excluding carboxylic acids is 3. The Morgan fingerprint density at radius 2 is 1.32 bits per heavy atom. The molecule has 0 aromatic heterocycles. The fourth-order valence-corrected chi connectivity index (χ4v) is 3.02. The number of aliphatic carboxylic acids is 3. The SMILES string of the molecule is CC(O)C(N)C(=O)NC(CCC(=O)O)C(=O)NC(CC(=O)O)C(=O)NC(Cc1ccc(O)cc1)C(=O)O. The third-order valence-electron chi connectivity index (χ3n) is 5.10. The molecule has 0 radical (unpaired) electrons. The molecule has 1 aromatic rings. The molecule has 0 bridgehead atoms. The van der Waals surface area contributed by atoms with Crippen LogP contribution in [0.1, 0.15) is 31.7 Å². The van der Waals surface area contributed by atoms with E-state index in [-0.39, 0.29) is 12.2 Å². The fourth-order valence-electron chi connectivity index (χ4n) is 3.02. The molecule has 0 spiro atoms. The predicted octanol–water partition coefficient (Wildman–Crippen LogP) is -2.48. The standard InChI is InChI=1S/C22H30N4O11/c1-10(27)18(23)21(35)24-13(6-7-16(29)30)19(33)25-14(9-17(31)32)20(34)26-15(22(36)37)8-11-2-4-12(28)5-3-11/h2-5,10,13-15,18,27-28H,6-9,23H2,1H3,(H,24,35)(H,25,33)(H,26,34)(H,29,30)(H,31,32)(H,36,37). The molecule has 0 aliphatic rings. The number of aliphatic hydroxyl groups is 1. The van der Waals surface area contributed by atoms with Crippen LogP contribution in [0.15, 0.2) is 24.3 Å². The first-order valence-corrected chi connectivity index (χ1v) is 11.0. The molecule has 5 unspecified atom stereocenters. The molecule has 0 saturated heterocycles. The topological polar surface area (TPSA) is 266 Å². The van der Waals surface area contributed by atoms with E-state index in [0.29, 0.717) is 5.56 Å². The summed E-state index contributed by atoms with van der Waals surface area (Å²) in [6.45, 7) is 1.21. The molecule has 1 rings (SSSR count). The van der Waals surface area contributed by atoms with Gasteiger partial charge in [-0.25, -0.2) is 4.79 Å². The Kier molecular flexibility index (Phi) is 11.9. The molecule has 5 atom stereocenters. The summed E-state index contributed by atoms with van der Waals surface area (Å²) in [7, 11) is 0. The Hall–Kier alpha value is -4.24. The van der Waals surface area contributed by atoms with Crippen molar-refractivity contribution in [2.45, 2.75) is 62.9 Å². The number of aromatic hydroxyl groups is 1. The van der Waals surface area contributed by atoms with E-state index in [4.69, 9.17) is 10.8 Å². The molecule has 0 heterocycles. The van der Waals surface area contributed by atoms with E-state index in [0.717, 1.165) is 0 Å². The maximum atomic E-state index is 12.8. The Labute approximate surface area is 210 Å². The maximum Gasteiger partial charge on any atom is 0.326 e. The first-order valence-electron chi connectivity index (χ1n) is 11.0. The van der Waals surface area contributed by atoms with Crippen molar-refractivity contribution in [1.82, 2.24) is 16.0 Å². The van der Waals surface area contributed by atoms with Crippen LogP contribution >= 0.6 is 0 Å². The number of carboxylic acid groups (broad SMARTS) is 3. The summed E-state index contributed by atoms with van der Waals surface area (Å²) in [5.74, 6) is -7.65. The highest BCUT2D eigenvalue weighted by molar-refractivity contribution is 5.95. The number of nitrogens with two attached hydrogens (primary N) is 1. The van der Waals surface area contributed by atoms with E-state index in [1.165, 1.54) is 31.2 Å². The zero-order valence-corrected chi connectivity index (χ0v) is 19.8. The number of aliphatic hydroxyl groups excluding tert-OH is 1. The van der Waals surface area contributed by atoms with E-state index < -0.39 is 85.2 Å². The van der Waals surface area contributed by atoms with Gasteiger partial charge in [0.2, 0.25) is 17.7 Å². The molecule has 0 aliphatic carbocycles. The van der Waals surface area contributed by atoms with Gasteiger partial charge >= 0.3 is 17.9 Å². The van der Waals surface area contributed by atoms with Crippen LogP contribution in [0.4, 0.5) is 0 Å². The molecule has 0 saturated carbocycles. The van der Waals surface area contributed by atoms with E-state index in [2.05, 4.69) is 16.0 Å². The molecule has 37 heavy (non-hydrogen) atoms. The van der Waals surface area contributed by atoms with Crippen molar-refractivity contribution in [3.8, 4) is 5.75 Å². The van der Waals surface area contributed by atoms with Gasteiger partial charge in [-0.3, -0.25) is 24.0 Å². The summed E-state index contributed by atoms with van der Waals surface area (Å²) in [4.78, 5) is 71.7. The van der Waals surface area contributed by atoms with Gasteiger partial charge in [-0.15, -0.1) is 0 Å². The summed E-state index contributed by atoms with van der Waals surface area (Å²) >= 11 is 0. The summed E-state index contributed by atoms with van der Waals surface area (Å²) in [5.41, 5.74) is 5.94. The monoisotopic (exact) mass is 526 g/mol. The summed E-state index contributed by atoms with van der Waals surface area (Å²) < 4.78 is 0. The quantitative estimate of drug-likeness (QED) is 0.115. The van der Waals surface area contributed by atoms with Crippen LogP contribution in [0.5, 0.6) is 5.75 Å². The molecule has 10 N–H and O–H groups in total. The second kappa shape index (κ2) is 14.4. The number of benzene rings is 1. The van der Waals surface area contributed by atoms with Crippen molar-refractivity contribution in [3.63, 3.8) is 0 Å². The minimum Gasteiger partial charge on any atom is -0.508 e.